The van der Waals surface area contributed by atoms with Crippen molar-refractivity contribution in [3.63, 3.8) is 0 Å². The molecule has 1 heterocycles. The Balaban J connectivity index is 2.04. The highest BCUT2D eigenvalue weighted by molar-refractivity contribution is 7.81. The van der Waals surface area contributed by atoms with Crippen LogP contribution in [0.1, 0.15) is 15.4 Å². The summed E-state index contributed by atoms with van der Waals surface area (Å²) in [7, 11) is 0. The predicted octanol–water partition coefficient (Wildman–Crippen LogP) is 3.32. The van der Waals surface area contributed by atoms with Crippen molar-refractivity contribution >= 4 is 40.1 Å². The van der Waals surface area contributed by atoms with E-state index in [0.717, 1.165) is 21.2 Å². The lowest BCUT2D eigenvalue weighted by Crippen LogP contribution is -2.06. The van der Waals surface area contributed by atoms with Crippen LogP contribution in [0, 0.1) is 6.92 Å². The maximum absolute atomic E-state index is 5.88. The first kappa shape index (κ1) is 13.3. The molecule has 0 aliphatic heterocycles. The van der Waals surface area contributed by atoms with E-state index in [9.17, 15) is 0 Å². The maximum atomic E-state index is 5.88. The second kappa shape index (κ2) is 5.65. The molecule has 94 valence electrons. The van der Waals surface area contributed by atoms with Gasteiger partial charge in [-0.2, -0.15) is 0 Å². The monoisotopic (exact) mass is 298 g/mol. The molecular weight excluding hydrogens is 288 g/mol. The molecule has 18 heavy (non-hydrogen) atoms. The van der Waals surface area contributed by atoms with E-state index in [4.69, 9.17) is 34.3 Å². The molecule has 0 amide bonds. The van der Waals surface area contributed by atoms with Gasteiger partial charge in [-0.05, 0) is 30.7 Å². The van der Waals surface area contributed by atoms with Crippen molar-refractivity contribution in [2.45, 2.75) is 13.5 Å². The normalized spacial score (nSPS) is 10.3. The molecule has 0 saturated heterocycles. The van der Waals surface area contributed by atoms with E-state index in [1.807, 2.05) is 19.1 Å². The number of halogens is 1. The van der Waals surface area contributed by atoms with Gasteiger partial charge in [-0.25, -0.2) is 4.98 Å². The third kappa shape index (κ3) is 3.19. The molecule has 3 nitrogen and oxygen atoms in total. The van der Waals surface area contributed by atoms with E-state index in [-0.39, 0.29) is 0 Å². The number of hydrogen-bond acceptors (Lipinski definition) is 4. The number of nitrogens with two attached hydrogens (primary N) is 1. The van der Waals surface area contributed by atoms with E-state index >= 15 is 0 Å². The third-order valence-corrected chi connectivity index (χ3v) is 3.87. The van der Waals surface area contributed by atoms with Crippen LogP contribution in [0.3, 0.4) is 0 Å². The smallest absolute Gasteiger partial charge is 0.140 e. The molecule has 2 N–H and O–H groups in total. The summed E-state index contributed by atoms with van der Waals surface area (Å²) < 4.78 is 5.68. The molecule has 2 aromatic rings. The highest BCUT2D eigenvalue weighted by Crippen LogP contribution is 2.23. The number of nitrogens with zero attached hydrogens (tertiary/aromatic N) is 1. The third-order valence-electron chi connectivity index (χ3n) is 2.28. The Labute approximate surface area is 120 Å². The average molecular weight is 299 g/mol. The molecule has 6 heteroatoms. The molecule has 1 aromatic carbocycles. The lowest BCUT2D eigenvalue weighted by Gasteiger charge is -2.07. The molecule has 0 radical (unpaired) electrons. The molecule has 0 fully saturated rings. The summed E-state index contributed by atoms with van der Waals surface area (Å²) in [6.45, 7) is 2.35. The number of thiazole rings is 1. The summed E-state index contributed by atoms with van der Waals surface area (Å²) in [5, 5.41) is 1.54. The number of ether oxygens (including phenoxy) is 1. The predicted molar refractivity (Wildman–Crippen MR) is 78.5 cm³/mol. The Hall–Kier alpha value is -1.17. The van der Waals surface area contributed by atoms with Gasteiger partial charge < -0.3 is 10.5 Å². The lowest BCUT2D eigenvalue weighted by molar-refractivity contribution is 0.303. The molecule has 0 aliphatic rings. The van der Waals surface area contributed by atoms with Crippen LogP contribution in [-0.4, -0.2) is 9.97 Å². The fourth-order valence-electron chi connectivity index (χ4n) is 1.41. The molecule has 1 aromatic heterocycles. The SMILES string of the molecule is Cc1cc(Cl)ccc1OCc1ncc(C(N)=S)s1. The van der Waals surface area contributed by atoms with Crippen LogP contribution in [0.4, 0.5) is 0 Å². The lowest BCUT2D eigenvalue weighted by atomic mass is 10.2. The van der Waals surface area contributed by atoms with Gasteiger partial charge >= 0.3 is 0 Å². The van der Waals surface area contributed by atoms with Gasteiger partial charge in [0.25, 0.3) is 0 Å². The number of benzene rings is 1. The fraction of sp³-hybridized carbons (Fsp3) is 0.167. The number of hydrogen-bond donors (Lipinski definition) is 1. The van der Waals surface area contributed by atoms with Gasteiger partial charge in [0.05, 0.1) is 4.88 Å². The molecule has 0 atom stereocenters. The van der Waals surface area contributed by atoms with Crippen molar-refractivity contribution in [3.8, 4) is 5.75 Å². The van der Waals surface area contributed by atoms with Crippen molar-refractivity contribution in [3.05, 3.63) is 44.9 Å². The molecule has 0 bridgehead atoms. The largest absolute Gasteiger partial charge is 0.486 e. The van der Waals surface area contributed by atoms with Crippen LogP contribution >= 0.6 is 35.2 Å². The van der Waals surface area contributed by atoms with Gasteiger partial charge in [-0.1, -0.05) is 23.8 Å². The molecule has 0 saturated carbocycles. The minimum atomic E-state index is 0.362. The minimum absolute atomic E-state index is 0.362. The van der Waals surface area contributed by atoms with Crippen molar-refractivity contribution in [2.75, 3.05) is 0 Å². The fourth-order valence-corrected chi connectivity index (χ4v) is 2.49. The maximum Gasteiger partial charge on any atom is 0.140 e. The van der Waals surface area contributed by atoms with Gasteiger partial charge in [0.1, 0.15) is 22.4 Å². The average Bonchev–Trinajstić information content (AvgIpc) is 2.76. The van der Waals surface area contributed by atoms with Crippen LogP contribution in [0.25, 0.3) is 0 Å². The summed E-state index contributed by atoms with van der Waals surface area (Å²) in [6.07, 6.45) is 1.67. The van der Waals surface area contributed by atoms with E-state index in [1.54, 1.807) is 12.3 Å². The summed E-state index contributed by atoms with van der Waals surface area (Å²) in [4.78, 5) is 5.36. The second-order valence-electron chi connectivity index (χ2n) is 3.68. The molecular formula is C12H11ClN2OS2. The van der Waals surface area contributed by atoms with Crippen molar-refractivity contribution in [2.24, 2.45) is 5.73 Å². The Bertz CT molecular complexity index is 583. The first-order valence-electron chi connectivity index (χ1n) is 5.19. The summed E-state index contributed by atoms with van der Waals surface area (Å²) in [5.74, 6) is 0.798. The standard InChI is InChI=1S/C12H11ClN2OS2/c1-7-4-8(13)2-3-9(7)16-6-11-15-5-10(18-11)12(14)17/h2-5H,6H2,1H3,(H2,14,17). The number of thiocarbonyl (C=S) groups is 1. The zero-order valence-electron chi connectivity index (χ0n) is 9.64. The number of aromatic nitrogens is 1. The summed E-state index contributed by atoms with van der Waals surface area (Å²) in [6, 6.07) is 5.51. The minimum Gasteiger partial charge on any atom is -0.486 e. The van der Waals surface area contributed by atoms with E-state index < -0.39 is 0 Å². The van der Waals surface area contributed by atoms with Crippen molar-refractivity contribution in [1.82, 2.24) is 4.98 Å². The van der Waals surface area contributed by atoms with Gasteiger partial charge in [0, 0.05) is 11.2 Å². The molecule has 0 spiro atoms. The van der Waals surface area contributed by atoms with Crippen LogP contribution in [0.5, 0.6) is 5.75 Å². The van der Waals surface area contributed by atoms with E-state index in [0.29, 0.717) is 16.6 Å². The van der Waals surface area contributed by atoms with Crippen LogP contribution < -0.4 is 10.5 Å². The molecule has 0 aliphatic carbocycles. The Morgan fingerprint density at radius 2 is 2.33 bits per heavy atom. The van der Waals surface area contributed by atoms with Crippen LogP contribution in [0.2, 0.25) is 5.02 Å². The van der Waals surface area contributed by atoms with Gasteiger partial charge in [0.2, 0.25) is 0 Å². The first-order chi connectivity index (χ1) is 8.56. The van der Waals surface area contributed by atoms with Crippen molar-refractivity contribution < 1.29 is 4.74 Å². The summed E-state index contributed by atoms with van der Waals surface area (Å²) >= 11 is 12.2. The van der Waals surface area contributed by atoms with Crippen LogP contribution in [-0.2, 0) is 6.61 Å². The van der Waals surface area contributed by atoms with Crippen LogP contribution in [0.15, 0.2) is 24.4 Å². The van der Waals surface area contributed by atoms with Gasteiger partial charge in [-0.3, -0.25) is 0 Å². The quantitative estimate of drug-likeness (QED) is 0.880. The summed E-state index contributed by atoms with van der Waals surface area (Å²) in [5.41, 5.74) is 6.52. The molecule has 0 unspecified atom stereocenters. The topological polar surface area (TPSA) is 48.1 Å². The highest BCUT2D eigenvalue weighted by atomic mass is 35.5. The zero-order chi connectivity index (χ0) is 13.1. The molecule has 2 rings (SSSR count). The number of aryl methyl sites for hydroxylation is 1. The van der Waals surface area contributed by atoms with Crippen molar-refractivity contribution in [1.29, 1.82) is 0 Å². The Kier molecular flexibility index (Phi) is 4.16. The van der Waals surface area contributed by atoms with E-state index in [1.165, 1.54) is 11.3 Å². The number of rotatable bonds is 4. The van der Waals surface area contributed by atoms with Gasteiger partial charge in [-0.15, -0.1) is 11.3 Å². The van der Waals surface area contributed by atoms with E-state index in [2.05, 4.69) is 4.98 Å². The van der Waals surface area contributed by atoms with Gasteiger partial charge in [0.15, 0.2) is 0 Å². The second-order valence-corrected chi connectivity index (χ2v) is 5.67. The highest BCUT2D eigenvalue weighted by Gasteiger charge is 2.06. The Morgan fingerprint density at radius 3 is 2.94 bits per heavy atom. The first-order valence-corrected chi connectivity index (χ1v) is 6.80. The Morgan fingerprint density at radius 1 is 1.56 bits per heavy atom. The zero-order valence-corrected chi connectivity index (χ0v) is 12.0.